The van der Waals surface area contributed by atoms with Gasteiger partial charge in [-0.3, -0.25) is 14.5 Å². The van der Waals surface area contributed by atoms with Crippen molar-refractivity contribution in [1.29, 1.82) is 0 Å². The summed E-state index contributed by atoms with van der Waals surface area (Å²) in [4.78, 5) is 26.1. The third-order valence-corrected chi connectivity index (χ3v) is 5.93. The normalized spacial score (nSPS) is 24.4. The Morgan fingerprint density at radius 3 is 2.20 bits per heavy atom. The maximum Gasteiger partial charge on any atom is 0.265 e. The van der Waals surface area contributed by atoms with Gasteiger partial charge in [0.25, 0.3) is 5.91 Å². The smallest absolute Gasteiger partial charge is 0.265 e. The highest BCUT2D eigenvalue weighted by Crippen LogP contribution is 2.55. The first kappa shape index (κ1) is 16.4. The lowest BCUT2D eigenvalue weighted by Gasteiger charge is -2.37. The van der Waals surface area contributed by atoms with Gasteiger partial charge in [-0.15, -0.1) is 0 Å². The fourth-order valence-electron chi connectivity index (χ4n) is 3.74. The molecule has 0 saturated carbocycles. The van der Waals surface area contributed by atoms with Crippen molar-refractivity contribution in [3.63, 3.8) is 0 Å². The first-order valence-electron chi connectivity index (χ1n) is 7.95. The number of rotatable bonds is 1. The van der Waals surface area contributed by atoms with Crippen LogP contribution in [0.4, 0.5) is 5.69 Å². The van der Waals surface area contributed by atoms with Gasteiger partial charge in [0, 0.05) is 5.41 Å². The molecule has 2 aromatic rings. The van der Waals surface area contributed by atoms with Crippen LogP contribution in [0.1, 0.15) is 25.0 Å². The second kappa shape index (κ2) is 5.20. The van der Waals surface area contributed by atoms with Gasteiger partial charge in [0.1, 0.15) is 5.03 Å². The predicted molar refractivity (Wildman–Crippen MR) is 98.8 cm³/mol. The van der Waals surface area contributed by atoms with E-state index in [1.165, 1.54) is 4.90 Å². The Hall–Kier alpha value is -2.10. The number of amides is 1. The number of benzene rings is 2. The lowest BCUT2D eigenvalue weighted by Crippen LogP contribution is -2.53. The molecule has 2 aromatic carbocycles. The van der Waals surface area contributed by atoms with Gasteiger partial charge in [-0.2, -0.15) is 0 Å². The van der Waals surface area contributed by atoms with Crippen molar-refractivity contribution in [3.8, 4) is 0 Å². The van der Waals surface area contributed by atoms with Gasteiger partial charge in [-0.1, -0.05) is 85.6 Å². The first-order chi connectivity index (χ1) is 11.8. The minimum Gasteiger partial charge on any atom is -0.290 e. The summed E-state index contributed by atoms with van der Waals surface area (Å²) in [6.45, 7) is 3.90. The van der Waals surface area contributed by atoms with Crippen LogP contribution in [-0.4, -0.2) is 11.7 Å². The fraction of sp³-hybridized carbons (Fsp3) is 0.200. The number of anilines is 1. The molecule has 0 N–H and O–H groups in total. The predicted octanol–water partition coefficient (Wildman–Crippen LogP) is 4.48. The maximum absolute atomic E-state index is 13.4. The number of hydrogen-bond donors (Lipinski definition) is 0. The molecule has 1 atom stereocenters. The zero-order chi connectivity index (χ0) is 18.0. The zero-order valence-corrected chi connectivity index (χ0v) is 15.2. The number of Topliss-reactive ketones (excluding diaryl/α,β-unsaturated/α-hetero) is 1. The lowest BCUT2D eigenvalue weighted by molar-refractivity contribution is -0.129. The molecule has 2 aliphatic heterocycles. The molecule has 25 heavy (non-hydrogen) atoms. The standard InChI is InChI=1S/C20H15Cl2NO2/c1-19(2)13-10-6-7-11-14(13)23-16(19)15(21)17(24)20(22,18(23)25)12-8-4-3-5-9-12/h3-11H,1-2H3. The second-order valence-electron chi connectivity index (χ2n) is 6.80. The van der Waals surface area contributed by atoms with Crippen molar-refractivity contribution in [3.05, 3.63) is 76.5 Å². The third-order valence-electron chi connectivity index (χ3n) is 5.02. The Morgan fingerprint density at radius 1 is 0.920 bits per heavy atom. The number of carbonyl (C=O) groups is 2. The van der Waals surface area contributed by atoms with E-state index in [0.29, 0.717) is 11.3 Å². The number of allylic oxidation sites excluding steroid dienone is 2. The van der Waals surface area contributed by atoms with Crippen molar-refractivity contribution >= 4 is 40.6 Å². The van der Waals surface area contributed by atoms with Gasteiger partial charge in [-0.05, 0) is 17.2 Å². The summed E-state index contributed by atoms with van der Waals surface area (Å²) in [6, 6.07) is 16.2. The summed E-state index contributed by atoms with van der Waals surface area (Å²) in [5.41, 5.74) is 2.02. The van der Waals surface area contributed by atoms with Crippen LogP contribution in [0.3, 0.4) is 0 Å². The summed E-state index contributed by atoms with van der Waals surface area (Å²) in [5.74, 6) is -1.05. The molecule has 5 heteroatoms. The number of nitrogens with zero attached hydrogens (tertiary/aromatic N) is 1. The number of alkyl halides is 1. The Labute approximate surface area is 155 Å². The monoisotopic (exact) mass is 371 g/mol. The number of halogens is 2. The molecule has 0 radical (unpaired) electrons. The number of carbonyl (C=O) groups excluding carboxylic acids is 2. The summed E-state index contributed by atoms with van der Waals surface area (Å²) >= 11 is 13.2. The summed E-state index contributed by atoms with van der Waals surface area (Å²) in [6.07, 6.45) is 0. The van der Waals surface area contributed by atoms with Crippen molar-refractivity contribution in [2.24, 2.45) is 0 Å². The largest absolute Gasteiger partial charge is 0.290 e. The molecule has 0 saturated heterocycles. The highest BCUT2D eigenvalue weighted by molar-refractivity contribution is 6.59. The molecular weight excluding hydrogens is 357 g/mol. The molecule has 3 nitrogen and oxygen atoms in total. The summed E-state index contributed by atoms with van der Waals surface area (Å²) in [7, 11) is 0. The van der Waals surface area contributed by atoms with Crippen molar-refractivity contribution in [1.82, 2.24) is 0 Å². The molecule has 0 aromatic heterocycles. The van der Waals surface area contributed by atoms with Crippen LogP contribution in [-0.2, 0) is 19.9 Å². The van der Waals surface area contributed by atoms with E-state index in [1.54, 1.807) is 30.3 Å². The zero-order valence-electron chi connectivity index (χ0n) is 13.7. The average Bonchev–Trinajstić information content (AvgIpc) is 2.87. The van der Waals surface area contributed by atoms with E-state index in [-0.39, 0.29) is 5.03 Å². The molecule has 0 fully saturated rings. The van der Waals surface area contributed by atoms with E-state index in [1.807, 2.05) is 38.1 Å². The maximum atomic E-state index is 13.4. The van der Waals surface area contributed by atoms with E-state index in [9.17, 15) is 9.59 Å². The molecule has 126 valence electrons. The van der Waals surface area contributed by atoms with E-state index < -0.39 is 22.0 Å². The molecule has 4 rings (SSSR count). The molecule has 0 spiro atoms. The average molecular weight is 372 g/mol. The van der Waals surface area contributed by atoms with Crippen molar-refractivity contribution in [2.45, 2.75) is 24.1 Å². The van der Waals surface area contributed by atoms with E-state index >= 15 is 0 Å². The van der Waals surface area contributed by atoms with E-state index in [0.717, 1.165) is 11.3 Å². The van der Waals surface area contributed by atoms with Crippen LogP contribution in [0.15, 0.2) is 65.3 Å². The van der Waals surface area contributed by atoms with E-state index in [2.05, 4.69) is 0 Å². The molecular formula is C20H15Cl2NO2. The Balaban J connectivity index is 2.03. The second-order valence-corrected chi connectivity index (χ2v) is 7.74. The fourth-order valence-corrected chi connectivity index (χ4v) is 4.56. The van der Waals surface area contributed by atoms with Gasteiger partial charge in [-0.25, -0.2) is 0 Å². The highest BCUT2D eigenvalue weighted by atomic mass is 35.5. The molecule has 2 heterocycles. The lowest BCUT2D eigenvalue weighted by atomic mass is 9.80. The molecule has 1 amide bonds. The van der Waals surface area contributed by atoms with Crippen LogP contribution in [0.2, 0.25) is 0 Å². The summed E-state index contributed by atoms with van der Waals surface area (Å²) in [5, 5.41) is 0.0136. The van der Waals surface area contributed by atoms with Gasteiger partial charge in [0.05, 0.1) is 11.4 Å². The molecule has 1 unspecified atom stereocenters. The molecule has 0 bridgehead atoms. The van der Waals surface area contributed by atoms with Gasteiger partial charge in [0.15, 0.2) is 0 Å². The third kappa shape index (κ3) is 1.94. The van der Waals surface area contributed by atoms with Crippen LogP contribution >= 0.6 is 23.2 Å². The number of fused-ring (bicyclic) bond motifs is 3. The minimum absolute atomic E-state index is 0.0136. The van der Waals surface area contributed by atoms with Gasteiger partial charge >= 0.3 is 0 Å². The first-order valence-corrected chi connectivity index (χ1v) is 8.70. The minimum atomic E-state index is -1.85. The van der Waals surface area contributed by atoms with Crippen LogP contribution in [0, 0.1) is 0 Å². The van der Waals surface area contributed by atoms with Crippen LogP contribution < -0.4 is 4.90 Å². The number of para-hydroxylation sites is 1. The number of ketones is 1. The Kier molecular flexibility index (Phi) is 3.40. The highest BCUT2D eigenvalue weighted by Gasteiger charge is 2.59. The van der Waals surface area contributed by atoms with E-state index in [4.69, 9.17) is 23.2 Å². The topological polar surface area (TPSA) is 37.4 Å². The Morgan fingerprint density at radius 2 is 1.52 bits per heavy atom. The molecule has 0 aliphatic carbocycles. The number of hydrogen-bond acceptors (Lipinski definition) is 2. The van der Waals surface area contributed by atoms with Gasteiger partial charge in [0.2, 0.25) is 10.7 Å². The molecule has 2 aliphatic rings. The van der Waals surface area contributed by atoms with Crippen molar-refractivity contribution in [2.75, 3.05) is 4.90 Å². The quantitative estimate of drug-likeness (QED) is 0.547. The SMILES string of the molecule is CC1(C)C2=C(Cl)C(=O)C(Cl)(c3ccccc3)C(=O)N2c2ccccc21. The Bertz CT molecular complexity index is 949. The van der Waals surface area contributed by atoms with Crippen LogP contribution in [0.5, 0.6) is 0 Å². The van der Waals surface area contributed by atoms with Crippen LogP contribution in [0.25, 0.3) is 0 Å². The van der Waals surface area contributed by atoms with Gasteiger partial charge < -0.3 is 0 Å². The summed E-state index contributed by atoms with van der Waals surface area (Å²) < 4.78 is 0. The van der Waals surface area contributed by atoms with Crippen molar-refractivity contribution < 1.29 is 9.59 Å².